The minimum absolute atomic E-state index is 0.312. The van der Waals surface area contributed by atoms with E-state index in [4.69, 9.17) is 4.74 Å². The molecule has 0 spiro atoms. The van der Waals surface area contributed by atoms with Gasteiger partial charge in [-0.1, -0.05) is 26.0 Å². The van der Waals surface area contributed by atoms with Crippen LogP contribution in [0.15, 0.2) is 24.5 Å². The van der Waals surface area contributed by atoms with E-state index in [2.05, 4.69) is 24.7 Å². The first-order chi connectivity index (χ1) is 5.27. The van der Waals surface area contributed by atoms with E-state index in [1.807, 2.05) is 12.2 Å². The zero-order valence-electron chi connectivity index (χ0n) is 7.41. The molecule has 0 heterocycles. The van der Waals surface area contributed by atoms with Crippen LogP contribution < -0.4 is 0 Å². The van der Waals surface area contributed by atoms with Crippen LogP contribution in [0.4, 0.5) is 0 Å². The molecule has 2 nitrogen and oxygen atoms in total. The maximum absolute atomic E-state index is 4.91. The van der Waals surface area contributed by atoms with Gasteiger partial charge in [-0.25, -0.2) is 0 Å². The zero-order chi connectivity index (χ0) is 8.53. The van der Waals surface area contributed by atoms with Crippen molar-refractivity contribution in [1.29, 1.82) is 0 Å². The van der Waals surface area contributed by atoms with Crippen LogP contribution in [0, 0.1) is 5.92 Å². The molecule has 0 aliphatic carbocycles. The molecule has 0 amide bonds. The lowest BCUT2D eigenvalue weighted by Gasteiger charge is -1.94. The zero-order valence-corrected chi connectivity index (χ0v) is 7.41. The number of methoxy groups -OCH3 is 1. The highest BCUT2D eigenvalue weighted by Crippen LogP contribution is 1.93. The Hall–Kier alpha value is -0.760. The van der Waals surface area contributed by atoms with Crippen molar-refractivity contribution in [3.8, 4) is 0 Å². The van der Waals surface area contributed by atoms with Crippen LogP contribution in [0.2, 0.25) is 0 Å². The summed E-state index contributed by atoms with van der Waals surface area (Å²) in [4.78, 5) is 0. The summed E-state index contributed by atoms with van der Waals surface area (Å²) in [5, 5.41) is 0. The van der Waals surface area contributed by atoms with Gasteiger partial charge in [-0.15, -0.1) is 0 Å². The van der Waals surface area contributed by atoms with Crippen molar-refractivity contribution in [1.82, 2.24) is 0 Å². The van der Waals surface area contributed by atoms with Crippen molar-refractivity contribution in [2.45, 2.75) is 13.8 Å². The second-order valence-corrected chi connectivity index (χ2v) is 2.53. The van der Waals surface area contributed by atoms with Gasteiger partial charge >= 0.3 is 0 Å². The molecule has 0 aliphatic heterocycles. The molecule has 0 N–H and O–H groups in total. The van der Waals surface area contributed by atoms with E-state index in [9.17, 15) is 0 Å². The first-order valence-electron chi connectivity index (χ1n) is 3.71. The van der Waals surface area contributed by atoms with Crippen LogP contribution in [-0.4, -0.2) is 13.9 Å². The Morgan fingerprint density at radius 1 is 1.27 bits per heavy atom. The smallest absolute Gasteiger partial charge is 0.187 e. The lowest BCUT2D eigenvalue weighted by Crippen LogP contribution is -1.87. The Bertz CT molecular complexity index is 126. The van der Waals surface area contributed by atoms with Gasteiger partial charge in [0.05, 0.1) is 6.26 Å². The minimum atomic E-state index is 0.312. The summed E-state index contributed by atoms with van der Waals surface area (Å²) in [5.74, 6) is 0.585. The van der Waals surface area contributed by atoms with Crippen molar-refractivity contribution in [3.05, 3.63) is 24.5 Å². The van der Waals surface area contributed by atoms with Crippen LogP contribution in [0.5, 0.6) is 0 Å². The van der Waals surface area contributed by atoms with Crippen LogP contribution in [-0.2, 0) is 9.47 Å². The van der Waals surface area contributed by atoms with E-state index < -0.39 is 0 Å². The normalized spacial score (nSPS) is 12.0. The maximum Gasteiger partial charge on any atom is 0.187 e. The number of hydrogen-bond acceptors (Lipinski definition) is 2. The summed E-state index contributed by atoms with van der Waals surface area (Å²) < 4.78 is 9.58. The fraction of sp³-hybridized carbons (Fsp3) is 0.556. The molecule has 0 radical (unpaired) electrons. The summed E-state index contributed by atoms with van der Waals surface area (Å²) >= 11 is 0. The molecule has 11 heavy (non-hydrogen) atoms. The molecule has 0 fully saturated rings. The molecule has 64 valence electrons. The monoisotopic (exact) mass is 156 g/mol. The molecule has 0 aromatic rings. The average Bonchev–Trinajstić information content (AvgIpc) is 1.96. The third kappa shape index (κ3) is 9.24. The molecule has 0 bridgehead atoms. The predicted octanol–water partition coefficient (Wildman–Crippen LogP) is 2.33. The molecule has 0 aliphatic rings. The van der Waals surface area contributed by atoms with Crippen molar-refractivity contribution < 1.29 is 9.47 Å². The van der Waals surface area contributed by atoms with Gasteiger partial charge in [0.15, 0.2) is 6.79 Å². The molecular formula is C9H16O2. The number of rotatable bonds is 5. The highest BCUT2D eigenvalue weighted by Gasteiger charge is 1.79. The molecular weight excluding hydrogens is 140 g/mol. The molecule has 0 aromatic heterocycles. The number of ether oxygens (including phenoxy) is 2. The molecule has 0 saturated carbocycles. The van der Waals surface area contributed by atoms with Crippen molar-refractivity contribution in [2.24, 2.45) is 5.92 Å². The molecule has 2 heteroatoms. The van der Waals surface area contributed by atoms with Crippen LogP contribution in [0.3, 0.4) is 0 Å². The second kappa shape index (κ2) is 7.35. The predicted molar refractivity (Wildman–Crippen MR) is 46.1 cm³/mol. The first-order valence-corrected chi connectivity index (χ1v) is 3.71. The summed E-state index contributed by atoms with van der Waals surface area (Å²) in [6, 6.07) is 0. The van der Waals surface area contributed by atoms with E-state index in [0.717, 1.165) is 0 Å². The number of hydrogen-bond donors (Lipinski definition) is 0. The average molecular weight is 156 g/mol. The van der Waals surface area contributed by atoms with Crippen LogP contribution >= 0.6 is 0 Å². The van der Waals surface area contributed by atoms with Gasteiger partial charge in [0.2, 0.25) is 0 Å². The van der Waals surface area contributed by atoms with Crippen LogP contribution in [0.1, 0.15) is 13.8 Å². The largest absolute Gasteiger partial charge is 0.475 e. The Labute approximate surface area is 68.5 Å². The molecule has 0 saturated heterocycles. The number of allylic oxidation sites excluding steroid dienone is 3. The lowest BCUT2D eigenvalue weighted by atomic mass is 10.2. The quantitative estimate of drug-likeness (QED) is 0.263. The highest BCUT2D eigenvalue weighted by atomic mass is 16.7. The fourth-order valence-corrected chi connectivity index (χ4v) is 0.495. The molecule has 0 atom stereocenters. The fourth-order valence-electron chi connectivity index (χ4n) is 0.495. The third-order valence-corrected chi connectivity index (χ3v) is 0.968. The Morgan fingerprint density at radius 2 is 2.00 bits per heavy atom. The van der Waals surface area contributed by atoms with E-state index >= 15 is 0 Å². The summed E-state index contributed by atoms with van der Waals surface area (Å²) in [6.07, 6.45) is 7.51. The summed E-state index contributed by atoms with van der Waals surface area (Å²) in [7, 11) is 1.60. The third-order valence-electron chi connectivity index (χ3n) is 0.968. The standard InChI is InChI=1S/C9H16O2/c1-9(2)6-4-5-7-11-8-10-3/h4-7,9H,8H2,1-3H3/b6-4+,7-5+. The van der Waals surface area contributed by atoms with Crippen molar-refractivity contribution >= 4 is 0 Å². The van der Waals surface area contributed by atoms with Gasteiger partial charge in [0, 0.05) is 7.11 Å². The van der Waals surface area contributed by atoms with Crippen LogP contribution in [0.25, 0.3) is 0 Å². The van der Waals surface area contributed by atoms with Gasteiger partial charge < -0.3 is 9.47 Å². The van der Waals surface area contributed by atoms with Gasteiger partial charge in [-0.3, -0.25) is 0 Å². The summed E-state index contributed by atoms with van der Waals surface area (Å²) in [6.45, 7) is 4.56. The second-order valence-electron chi connectivity index (χ2n) is 2.53. The van der Waals surface area contributed by atoms with Gasteiger partial charge in [-0.2, -0.15) is 0 Å². The molecule has 0 rings (SSSR count). The molecule has 0 unspecified atom stereocenters. The van der Waals surface area contributed by atoms with Crippen molar-refractivity contribution in [2.75, 3.05) is 13.9 Å². The first kappa shape index (κ1) is 10.2. The van der Waals surface area contributed by atoms with E-state index in [1.54, 1.807) is 13.4 Å². The van der Waals surface area contributed by atoms with Crippen molar-refractivity contribution in [3.63, 3.8) is 0 Å². The van der Waals surface area contributed by atoms with Gasteiger partial charge in [0.1, 0.15) is 0 Å². The van der Waals surface area contributed by atoms with Gasteiger partial charge in [-0.05, 0) is 12.0 Å². The Kier molecular flexibility index (Phi) is 6.84. The minimum Gasteiger partial charge on any atom is -0.475 e. The van der Waals surface area contributed by atoms with E-state index in [1.165, 1.54) is 0 Å². The van der Waals surface area contributed by atoms with E-state index in [-0.39, 0.29) is 0 Å². The Morgan fingerprint density at radius 3 is 2.55 bits per heavy atom. The molecule has 0 aromatic carbocycles. The topological polar surface area (TPSA) is 18.5 Å². The van der Waals surface area contributed by atoms with Gasteiger partial charge in [0.25, 0.3) is 0 Å². The SMILES string of the molecule is COCO/C=C/C=C/C(C)C. The highest BCUT2D eigenvalue weighted by molar-refractivity contribution is 5.00. The summed E-state index contributed by atoms with van der Waals surface area (Å²) in [5.41, 5.74) is 0. The maximum atomic E-state index is 4.91. The Balaban J connectivity index is 3.29. The lowest BCUT2D eigenvalue weighted by molar-refractivity contribution is 0.0199. The van der Waals surface area contributed by atoms with E-state index in [0.29, 0.717) is 12.7 Å².